The van der Waals surface area contributed by atoms with E-state index >= 15 is 0 Å². The molecule has 0 radical (unpaired) electrons. The lowest BCUT2D eigenvalue weighted by atomic mass is 9.68. The summed E-state index contributed by atoms with van der Waals surface area (Å²) in [6, 6.07) is 14.7. The average molecular weight is 384 g/mol. The maximum atomic E-state index is 13.5. The lowest BCUT2D eigenvalue weighted by Crippen LogP contribution is -2.47. The number of nitrogens with zero attached hydrogens (tertiary/aromatic N) is 2. The van der Waals surface area contributed by atoms with E-state index in [1.54, 1.807) is 25.2 Å². The number of fused-ring (bicyclic) bond motifs is 6. The molecule has 7 nitrogen and oxygen atoms in total. The van der Waals surface area contributed by atoms with Gasteiger partial charge in [0.05, 0.1) is 11.1 Å². The number of carbonyl (C=O) groups excluding carboxylic acids is 1. The first-order valence-electron chi connectivity index (χ1n) is 9.04. The maximum absolute atomic E-state index is 13.5. The molecule has 7 heteroatoms. The van der Waals surface area contributed by atoms with E-state index in [9.17, 15) is 14.9 Å². The molecule has 29 heavy (non-hydrogen) atoms. The summed E-state index contributed by atoms with van der Waals surface area (Å²) in [7, 11) is 1.64. The SMILES string of the molecule is Cc1ccc2c(c1)[C@@]1(C(=O)N2)C(C#N)=C(N)Oc2c1c(=O)n(C)c1ccccc21. The number of amides is 1. The second-order valence-electron chi connectivity index (χ2n) is 7.29. The maximum Gasteiger partial charge on any atom is 0.259 e. The molecule has 1 aromatic heterocycles. The third kappa shape index (κ3) is 1.90. The van der Waals surface area contributed by atoms with Crippen LogP contribution in [-0.4, -0.2) is 10.5 Å². The second kappa shape index (κ2) is 5.49. The molecule has 5 rings (SSSR count). The van der Waals surface area contributed by atoms with Crippen LogP contribution in [0.5, 0.6) is 5.75 Å². The van der Waals surface area contributed by atoms with E-state index in [0.29, 0.717) is 22.2 Å². The minimum atomic E-state index is -1.66. The van der Waals surface area contributed by atoms with Gasteiger partial charge in [0.15, 0.2) is 5.41 Å². The number of para-hydroxylation sites is 1. The summed E-state index contributed by atoms with van der Waals surface area (Å²) in [5, 5.41) is 13.4. The number of aromatic nitrogens is 1. The highest BCUT2D eigenvalue weighted by Gasteiger charge is 2.58. The third-order valence-corrected chi connectivity index (χ3v) is 5.74. The summed E-state index contributed by atoms with van der Waals surface area (Å²) < 4.78 is 7.28. The van der Waals surface area contributed by atoms with Crippen molar-refractivity contribution in [3.05, 3.63) is 81.0 Å². The number of hydrogen-bond acceptors (Lipinski definition) is 5. The van der Waals surface area contributed by atoms with Crippen LogP contribution in [0.25, 0.3) is 10.9 Å². The molecule has 0 saturated heterocycles. The van der Waals surface area contributed by atoms with Crippen molar-refractivity contribution in [2.45, 2.75) is 12.3 Å². The van der Waals surface area contributed by atoms with Crippen molar-refractivity contribution in [2.75, 3.05) is 5.32 Å². The summed E-state index contributed by atoms with van der Waals surface area (Å²) in [4.78, 5) is 27.0. The summed E-state index contributed by atoms with van der Waals surface area (Å²) in [6.45, 7) is 1.88. The molecule has 3 N–H and O–H groups in total. The van der Waals surface area contributed by atoms with Gasteiger partial charge in [-0.2, -0.15) is 5.26 Å². The van der Waals surface area contributed by atoms with Crippen molar-refractivity contribution in [1.82, 2.24) is 4.57 Å². The number of hydrogen-bond donors (Lipinski definition) is 2. The Morgan fingerprint density at radius 1 is 1.21 bits per heavy atom. The number of pyridine rings is 1. The lowest BCUT2D eigenvalue weighted by Gasteiger charge is -2.34. The van der Waals surface area contributed by atoms with Gasteiger partial charge in [-0.15, -0.1) is 0 Å². The number of nitrogens with two attached hydrogens (primary N) is 1. The van der Waals surface area contributed by atoms with E-state index in [-0.39, 0.29) is 22.8 Å². The van der Waals surface area contributed by atoms with Crippen LogP contribution in [0.4, 0.5) is 5.69 Å². The molecule has 1 spiro atoms. The zero-order valence-corrected chi connectivity index (χ0v) is 15.7. The zero-order valence-electron chi connectivity index (χ0n) is 15.7. The summed E-state index contributed by atoms with van der Waals surface area (Å²) in [5.74, 6) is -0.456. The molecular weight excluding hydrogens is 368 g/mol. The smallest absolute Gasteiger partial charge is 0.259 e. The Morgan fingerprint density at radius 3 is 2.72 bits per heavy atom. The highest BCUT2D eigenvalue weighted by molar-refractivity contribution is 6.13. The predicted molar refractivity (Wildman–Crippen MR) is 107 cm³/mol. The van der Waals surface area contributed by atoms with Gasteiger partial charge in [-0.3, -0.25) is 9.59 Å². The summed E-state index contributed by atoms with van der Waals surface area (Å²) in [5.41, 5.74) is 6.69. The third-order valence-electron chi connectivity index (χ3n) is 5.74. The number of carbonyl (C=O) groups is 1. The molecule has 1 amide bonds. The number of nitriles is 1. The number of aryl methyl sites for hydroxylation is 2. The monoisotopic (exact) mass is 384 g/mol. The number of benzene rings is 2. The van der Waals surface area contributed by atoms with Gasteiger partial charge in [0.1, 0.15) is 17.4 Å². The summed E-state index contributed by atoms with van der Waals surface area (Å²) >= 11 is 0. The van der Waals surface area contributed by atoms with Crippen LogP contribution in [0.1, 0.15) is 16.7 Å². The molecule has 0 aliphatic carbocycles. The highest BCUT2D eigenvalue weighted by atomic mass is 16.5. The Bertz CT molecular complexity index is 1390. The van der Waals surface area contributed by atoms with Crippen molar-refractivity contribution < 1.29 is 9.53 Å². The number of rotatable bonds is 0. The van der Waals surface area contributed by atoms with Gasteiger partial charge in [-0.25, -0.2) is 0 Å². The Morgan fingerprint density at radius 2 is 1.97 bits per heavy atom. The zero-order chi connectivity index (χ0) is 20.5. The van der Waals surface area contributed by atoms with Crippen molar-refractivity contribution in [3.8, 4) is 11.8 Å². The second-order valence-corrected chi connectivity index (χ2v) is 7.29. The summed E-state index contributed by atoms with van der Waals surface area (Å²) in [6.07, 6.45) is 0. The first kappa shape index (κ1) is 17.1. The van der Waals surface area contributed by atoms with Crippen LogP contribution in [0, 0.1) is 18.3 Å². The van der Waals surface area contributed by atoms with E-state index < -0.39 is 16.9 Å². The Hall–Kier alpha value is -4.05. The van der Waals surface area contributed by atoms with Gasteiger partial charge >= 0.3 is 0 Å². The molecule has 1 atom stereocenters. The van der Waals surface area contributed by atoms with Crippen molar-refractivity contribution >= 4 is 22.5 Å². The molecule has 3 aromatic rings. The van der Waals surface area contributed by atoms with Crippen LogP contribution < -0.4 is 21.3 Å². The molecule has 0 saturated carbocycles. The van der Waals surface area contributed by atoms with E-state index in [1.165, 1.54) is 4.57 Å². The molecule has 2 aliphatic rings. The standard InChI is InChI=1S/C22H16N4O3/c1-11-7-8-15-13(9-11)22(21(28)25-15)14(10-23)19(24)29-18-12-5-3-4-6-16(12)26(2)20(27)17(18)22/h3-9H,24H2,1-2H3,(H,25,28)/t22-/m1/s1. The first-order valence-corrected chi connectivity index (χ1v) is 9.04. The van der Waals surface area contributed by atoms with Crippen LogP contribution >= 0.6 is 0 Å². The van der Waals surface area contributed by atoms with Gasteiger partial charge in [0.25, 0.3) is 5.56 Å². The molecule has 3 heterocycles. The van der Waals surface area contributed by atoms with Gasteiger partial charge in [-0.1, -0.05) is 29.8 Å². The Balaban J connectivity index is 2.06. The molecule has 0 bridgehead atoms. The Kier molecular flexibility index (Phi) is 3.23. The van der Waals surface area contributed by atoms with Crippen LogP contribution in [0.15, 0.2) is 58.7 Å². The van der Waals surface area contributed by atoms with E-state index in [1.807, 2.05) is 37.3 Å². The van der Waals surface area contributed by atoms with Gasteiger partial charge < -0.3 is 20.4 Å². The van der Waals surface area contributed by atoms with Gasteiger partial charge in [-0.05, 0) is 25.1 Å². The molecule has 2 aromatic carbocycles. The van der Waals surface area contributed by atoms with E-state index in [2.05, 4.69) is 5.32 Å². The highest BCUT2D eigenvalue weighted by Crippen LogP contribution is 2.53. The molecule has 0 unspecified atom stereocenters. The number of nitrogens with one attached hydrogen (secondary N) is 1. The lowest BCUT2D eigenvalue weighted by molar-refractivity contribution is -0.118. The van der Waals surface area contributed by atoms with Crippen molar-refractivity contribution in [3.63, 3.8) is 0 Å². The van der Waals surface area contributed by atoms with Crippen molar-refractivity contribution in [1.29, 1.82) is 5.26 Å². The fourth-order valence-corrected chi connectivity index (χ4v) is 4.43. The Labute approximate surface area is 165 Å². The largest absolute Gasteiger partial charge is 0.439 e. The fraction of sp³-hybridized carbons (Fsp3) is 0.136. The van der Waals surface area contributed by atoms with Gasteiger partial charge in [0.2, 0.25) is 11.8 Å². The average Bonchev–Trinajstić information content (AvgIpc) is 2.98. The fourth-order valence-electron chi connectivity index (χ4n) is 4.43. The molecule has 0 fully saturated rings. The number of ether oxygens (including phenoxy) is 1. The van der Waals surface area contributed by atoms with E-state index in [4.69, 9.17) is 10.5 Å². The molecular formula is C22H16N4O3. The molecule has 142 valence electrons. The first-order chi connectivity index (χ1) is 13.9. The topological polar surface area (TPSA) is 110 Å². The molecule has 2 aliphatic heterocycles. The van der Waals surface area contributed by atoms with Crippen LogP contribution in [0.2, 0.25) is 0 Å². The normalized spacial score (nSPS) is 19.6. The number of anilines is 1. The van der Waals surface area contributed by atoms with Crippen molar-refractivity contribution in [2.24, 2.45) is 12.8 Å². The van der Waals surface area contributed by atoms with Crippen LogP contribution in [-0.2, 0) is 17.3 Å². The van der Waals surface area contributed by atoms with E-state index in [0.717, 1.165) is 5.56 Å². The predicted octanol–water partition coefficient (Wildman–Crippen LogP) is 2.17. The van der Waals surface area contributed by atoms with Crippen LogP contribution in [0.3, 0.4) is 0 Å². The van der Waals surface area contributed by atoms with Gasteiger partial charge in [0, 0.05) is 23.7 Å². The minimum Gasteiger partial charge on any atom is -0.439 e. The quantitative estimate of drug-likeness (QED) is 0.617. The minimum absolute atomic E-state index is 0.0840.